The number of urea groups is 1. The predicted molar refractivity (Wildman–Crippen MR) is 203 cm³/mol. The number of pyridine rings is 1. The number of alkyl halides is 3. The molecule has 5 aromatic rings. The quantitative estimate of drug-likeness (QED) is 0.112. The number of rotatable bonds is 12. The molecular formula is C39H41F3N10O5. The number of esters is 1. The second-order valence-electron chi connectivity index (χ2n) is 13.9. The molecule has 57 heavy (non-hydrogen) atoms. The minimum atomic E-state index is -5.33. The van der Waals surface area contributed by atoms with Gasteiger partial charge in [0.25, 0.3) is 0 Å². The second kappa shape index (κ2) is 16.8. The Balaban J connectivity index is 1.23. The van der Waals surface area contributed by atoms with Crippen LogP contribution in [0.2, 0.25) is 0 Å². The molecule has 298 valence electrons. The number of anilines is 3. The van der Waals surface area contributed by atoms with Crippen LogP contribution in [0, 0.1) is 0 Å². The third-order valence-corrected chi connectivity index (χ3v) is 10.1. The van der Waals surface area contributed by atoms with Crippen molar-refractivity contribution in [3.05, 3.63) is 103 Å². The number of aromatic nitrogens is 5. The second-order valence-corrected chi connectivity index (χ2v) is 13.9. The van der Waals surface area contributed by atoms with Gasteiger partial charge in [-0.1, -0.05) is 73.7 Å². The average molecular weight is 787 g/mol. The Hall–Kier alpha value is -6.30. The molecule has 1 saturated carbocycles. The van der Waals surface area contributed by atoms with Gasteiger partial charge in [0.1, 0.15) is 11.9 Å². The van der Waals surface area contributed by atoms with E-state index in [-0.39, 0.29) is 41.9 Å². The van der Waals surface area contributed by atoms with Crippen molar-refractivity contribution < 1.29 is 37.4 Å². The number of fused-ring (bicyclic) bond motifs is 1. The molecule has 5 N–H and O–H groups in total. The number of hydrogen-bond acceptors (Lipinski definition) is 11. The van der Waals surface area contributed by atoms with E-state index in [9.17, 15) is 32.7 Å². The molecule has 18 heteroatoms. The van der Waals surface area contributed by atoms with E-state index < -0.39 is 48.4 Å². The van der Waals surface area contributed by atoms with Gasteiger partial charge >= 0.3 is 18.2 Å². The minimum Gasteiger partial charge on any atom is -0.451 e. The molecule has 4 heterocycles. The van der Waals surface area contributed by atoms with Crippen molar-refractivity contribution in [1.82, 2.24) is 35.1 Å². The summed E-state index contributed by atoms with van der Waals surface area (Å²) in [4.78, 5) is 57.6. The number of imidazole rings is 1. The molecule has 1 saturated heterocycles. The molecule has 1 aliphatic heterocycles. The zero-order chi connectivity index (χ0) is 40.1. The fraction of sp³-hybridized carbons (Fsp3) is 0.359. The highest BCUT2D eigenvalue weighted by molar-refractivity contribution is 5.88. The molecule has 7 rings (SSSR count). The summed E-state index contributed by atoms with van der Waals surface area (Å²) < 4.78 is 46.9. The van der Waals surface area contributed by atoms with Crippen molar-refractivity contribution in [3.8, 4) is 0 Å². The molecule has 2 aromatic carbocycles. The monoisotopic (exact) mass is 786 g/mol. The van der Waals surface area contributed by atoms with Crippen LogP contribution >= 0.6 is 0 Å². The summed E-state index contributed by atoms with van der Waals surface area (Å²) in [6.45, 7) is 2.73. The Kier molecular flexibility index (Phi) is 11.5. The minimum absolute atomic E-state index is 0.0595. The maximum atomic E-state index is 13.5. The standard InChI is InChI=1S/C39H41F3N10O5/c1-2-30(53)47-27-19-28(33(32(27)54)57-36(55)39(40,41)42)52-22-45-31-34(44-20-26(23-11-5-3-6-12-23)24-13-7-4-8-14-24)49-37(50-35(31)52)51-18-16-25(21-51)46-38(56)48-29-15-9-10-17-43-29/h3-15,17,22,25-28,32-33,54H,2,16,18-21H2,1H3,(H,47,53)(H,44,49,50)(H2,43,46,48,56)/t25-,27+,28-,32-,33+/m1/s1. The number of carbonyl (C=O) groups is 3. The highest BCUT2D eigenvalue weighted by Crippen LogP contribution is 2.38. The van der Waals surface area contributed by atoms with Crippen LogP contribution in [-0.2, 0) is 14.3 Å². The molecule has 15 nitrogen and oxygen atoms in total. The third-order valence-electron chi connectivity index (χ3n) is 10.1. The van der Waals surface area contributed by atoms with E-state index in [1.54, 1.807) is 31.3 Å². The zero-order valence-corrected chi connectivity index (χ0v) is 30.8. The maximum Gasteiger partial charge on any atom is 0.490 e. The van der Waals surface area contributed by atoms with E-state index in [2.05, 4.69) is 31.2 Å². The van der Waals surface area contributed by atoms with Gasteiger partial charge in [-0.3, -0.25) is 10.1 Å². The molecule has 0 radical (unpaired) electrons. The first kappa shape index (κ1) is 39.0. The number of hydrogen-bond donors (Lipinski definition) is 5. The van der Waals surface area contributed by atoms with Crippen LogP contribution in [0.5, 0.6) is 0 Å². The highest BCUT2D eigenvalue weighted by Gasteiger charge is 2.51. The van der Waals surface area contributed by atoms with Crippen molar-refractivity contribution in [2.75, 3.05) is 35.2 Å². The highest BCUT2D eigenvalue weighted by atomic mass is 19.4. The first-order valence-electron chi connectivity index (χ1n) is 18.6. The lowest BCUT2D eigenvalue weighted by Gasteiger charge is -2.25. The van der Waals surface area contributed by atoms with Crippen LogP contribution in [0.3, 0.4) is 0 Å². The summed E-state index contributed by atoms with van der Waals surface area (Å²) >= 11 is 0. The molecule has 0 unspecified atom stereocenters. The average Bonchev–Trinajstić information content (AvgIpc) is 3.93. The lowest BCUT2D eigenvalue weighted by molar-refractivity contribution is -0.209. The maximum absolute atomic E-state index is 13.5. The number of nitrogens with zero attached hydrogens (tertiary/aromatic N) is 6. The number of ether oxygens (including phenoxy) is 1. The van der Waals surface area contributed by atoms with Crippen molar-refractivity contribution in [2.24, 2.45) is 0 Å². The van der Waals surface area contributed by atoms with Gasteiger partial charge in [-0.15, -0.1) is 0 Å². The number of nitrogens with one attached hydrogen (secondary N) is 4. The number of aliphatic hydroxyl groups excluding tert-OH is 1. The first-order valence-corrected chi connectivity index (χ1v) is 18.6. The largest absolute Gasteiger partial charge is 0.490 e. The van der Waals surface area contributed by atoms with Crippen LogP contribution in [0.4, 0.5) is 35.5 Å². The zero-order valence-electron chi connectivity index (χ0n) is 30.8. The van der Waals surface area contributed by atoms with Crippen molar-refractivity contribution in [3.63, 3.8) is 0 Å². The molecular weight excluding hydrogens is 745 g/mol. The van der Waals surface area contributed by atoms with Crippen LogP contribution in [0.25, 0.3) is 11.2 Å². The predicted octanol–water partition coefficient (Wildman–Crippen LogP) is 4.54. The van der Waals surface area contributed by atoms with E-state index in [0.29, 0.717) is 37.7 Å². The fourth-order valence-electron chi connectivity index (χ4n) is 7.30. The van der Waals surface area contributed by atoms with Gasteiger partial charge in [0.15, 0.2) is 23.1 Å². The van der Waals surface area contributed by atoms with Crippen molar-refractivity contribution in [1.29, 1.82) is 0 Å². The van der Waals surface area contributed by atoms with Gasteiger partial charge in [0.05, 0.1) is 18.4 Å². The van der Waals surface area contributed by atoms with Crippen LogP contribution in [0.15, 0.2) is 91.4 Å². The van der Waals surface area contributed by atoms with Crippen LogP contribution in [0.1, 0.15) is 49.3 Å². The van der Waals surface area contributed by atoms with Crippen molar-refractivity contribution >= 4 is 46.7 Å². The number of carbonyl (C=O) groups excluding carboxylic acids is 3. The van der Waals surface area contributed by atoms with Gasteiger partial charge in [0.2, 0.25) is 11.9 Å². The summed E-state index contributed by atoms with van der Waals surface area (Å²) in [5.74, 6) is -2.08. The summed E-state index contributed by atoms with van der Waals surface area (Å²) in [5.41, 5.74) is 2.55. The van der Waals surface area contributed by atoms with E-state index in [0.717, 1.165) is 11.1 Å². The number of halogens is 3. The molecule has 3 amide bonds. The Bertz CT molecular complexity index is 2140. The van der Waals surface area contributed by atoms with Crippen molar-refractivity contribution in [2.45, 2.75) is 68.6 Å². The molecule has 0 spiro atoms. The molecule has 3 aromatic heterocycles. The Morgan fingerprint density at radius 1 is 0.947 bits per heavy atom. The van der Waals surface area contributed by atoms with Gasteiger partial charge < -0.3 is 35.3 Å². The van der Waals surface area contributed by atoms with Crippen LogP contribution < -0.4 is 26.2 Å². The number of amides is 3. The molecule has 1 aliphatic carbocycles. The SMILES string of the molecule is CCC(=O)N[C@H]1C[C@@H](n2cnc3c(NCC(c4ccccc4)c4ccccc4)nc(N4CC[C@@H](NC(=O)Nc5ccccn5)C4)nc32)[C@H](OC(=O)C(F)(F)F)[C@@H]1O. The van der Waals surface area contributed by atoms with E-state index in [1.165, 1.54) is 10.9 Å². The summed E-state index contributed by atoms with van der Waals surface area (Å²) in [7, 11) is 0. The topological polar surface area (TPSA) is 189 Å². The van der Waals surface area contributed by atoms with Gasteiger partial charge in [-0.05, 0) is 36.1 Å². The van der Waals surface area contributed by atoms with Gasteiger partial charge in [0, 0.05) is 44.2 Å². The molecule has 5 atom stereocenters. The van der Waals surface area contributed by atoms with E-state index in [1.807, 2.05) is 65.6 Å². The normalized spacial score (nSPS) is 20.7. The number of benzene rings is 2. The summed E-state index contributed by atoms with van der Waals surface area (Å²) in [6, 6.07) is 22.1. The fourth-order valence-corrected chi connectivity index (χ4v) is 7.30. The molecule has 0 bridgehead atoms. The molecule has 2 aliphatic rings. The Labute approximate surface area is 325 Å². The Morgan fingerprint density at radius 3 is 2.30 bits per heavy atom. The summed E-state index contributed by atoms with van der Waals surface area (Å²) in [6.07, 6.45) is -5.29. The van der Waals surface area contributed by atoms with E-state index >= 15 is 0 Å². The van der Waals surface area contributed by atoms with Gasteiger partial charge in [-0.25, -0.2) is 19.6 Å². The molecule has 2 fully saturated rings. The van der Waals surface area contributed by atoms with Gasteiger partial charge in [-0.2, -0.15) is 23.1 Å². The third kappa shape index (κ3) is 8.90. The first-order chi connectivity index (χ1) is 27.5. The Morgan fingerprint density at radius 2 is 1.65 bits per heavy atom. The number of aliphatic hydroxyl groups is 1. The lowest BCUT2D eigenvalue weighted by Crippen LogP contribution is -2.45. The van der Waals surface area contributed by atoms with E-state index in [4.69, 9.17) is 14.7 Å². The smallest absolute Gasteiger partial charge is 0.451 e. The lowest BCUT2D eigenvalue weighted by atomic mass is 9.91. The van der Waals surface area contributed by atoms with Crippen LogP contribution in [-0.4, -0.2) is 97.6 Å². The summed E-state index contributed by atoms with van der Waals surface area (Å²) in [5, 5.41) is 22.9.